The maximum Gasteiger partial charge on any atom is 0.408 e. The van der Waals surface area contributed by atoms with Crippen LogP contribution in [-0.4, -0.2) is 18.0 Å². The summed E-state index contributed by atoms with van der Waals surface area (Å²) < 4.78 is 6.15. The minimum Gasteiger partial charge on any atom is -0.444 e. The van der Waals surface area contributed by atoms with Crippen molar-refractivity contribution in [3.63, 3.8) is 0 Å². The van der Waals surface area contributed by atoms with E-state index < -0.39 is 11.7 Å². The van der Waals surface area contributed by atoms with Gasteiger partial charge in [-0.15, -0.1) is 0 Å². The van der Waals surface area contributed by atoms with Crippen LogP contribution in [0.4, 0.5) is 4.79 Å². The number of halogens is 1. The number of aryl methyl sites for hydroxylation is 1. The SMILES string of the molecule is Cc1ccc([C@H](CC=O)NC(=O)OC(C)(C)C)cc1Br. The first-order chi connectivity index (χ1) is 9.23. The van der Waals surface area contributed by atoms with Crippen molar-refractivity contribution in [2.45, 2.75) is 45.8 Å². The van der Waals surface area contributed by atoms with E-state index in [9.17, 15) is 9.59 Å². The van der Waals surface area contributed by atoms with Crippen LogP contribution in [0.5, 0.6) is 0 Å². The normalized spacial score (nSPS) is 12.7. The Labute approximate surface area is 128 Å². The molecule has 20 heavy (non-hydrogen) atoms. The van der Waals surface area contributed by atoms with Crippen molar-refractivity contribution < 1.29 is 14.3 Å². The predicted octanol–water partition coefficient (Wildman–Crippen LogP) is 3.91. The van der Waals surface area contributed by atoms with Gasteiger partial charge in [-0.05, 0) is 44.9 Å². The van der Waals surface area contributed by atoms with Crippen LogP contribution in [0.1, 0.15) is 44.4 Å². The molecule has 1 aromatic carbocycles. The summed E-state index contributed by atoms with van der Waals surface area (Å²) in [5, 5.41) is 2.72. The largest absolute Gasteiger partial charge is 0.444 e. The molecule has 0 aliphatic carbocycles. The molecular weight excluding hydrogens is 322 g/mol. The molecule has 0 radical (unpaired) electrons. The van der Waals surface area contributed by atoms with Gasteiger partial charge in [-0.25, -0.2) is 4.79 Å². The molecule has 1 rings (SSSR count). The first-order valence-corrected chi connectivity index (χ1v) is 7.21. The summed E-state index contributed by atoms with van der Waals surface area (Å²) in [4.78, 5) is 22.6. The predicted molar refractivity (Wildman–Crippen MR) is 81.7 cm³/mol. The number of aldehydes is 1. The van der Waals surface area contributed by atoms with Crippen LogP contribution in [-0.2, 0) is 9.53 Å². The van der Waals surface area contributed by atoms with E-state index in [2.05, 4.69) is 21.2 Å². The van der Waals surface area contributed by atoms with Crippen LogP contribution in [0.3, 0.4) is 0 Å². The lowest BCUT2D eigenvalue weighted by molar-refractivity contribution is -0.108. The molecule has 0 aromatic heterocycles. The van der Waals surface area contributed by atoms with Crippen molar-refractivity contribution in [1.29, 1.82) is 0 Å². The molecule has 1 amide bonds. The zero-order valence-electron chi connectivity index (χ0n) is 12.2. The molecule has 4 nitrogen and oxygen atoms in total. The Bertz CT molecular complexity index is 494. The Morgan fingerprint density at radius 3 is 2.60 bits per heavy atom. The quantitative estimate of drug-likeness (QED) is 0.844. The summed E-state index contributed by atoms with van der Waals surface area (Å²) in [7, 11) is 0. The Morgan fingerprint density at radius 2 is 2.10 bits per heavy atom. The molecule has 0 fully saturated rings. The number of nitrogens with one attached hydrogen (secondary N) is 1. The van der Waals surface area contributed by atoms with E-state index in [0.717, 1.165) is 21.9 Å². The van der Waals surface area contributed by atoms with Crippen molar-refractivity contribution in [1.82, 2.24) is 5.32 Å². The maximum absolute atomic E-state index is 11.8. The minimum atomic E-state index is -0.566. The summed E-state index contributed by atoms with van der Waals surface area (Å²) >= 11 is 3.45. The number of hydrogen-bond acceptors (Lipinski definition) is 3. The van der Waals surface area contributed by atoms with E-state index in [0.29, 0.717) is 0 Å². The van der Waals surface area contributed by atoms with Crippen LogP contribution in [0, 0.1) is 6.92 Å². The molecule has 0 bridgehead atoms. The van der Waals surface area contributed by atoms with E-state index in [1.165, 1.54) is 0 Å². The van der Waals surface area contributed by atoms with Gasteiger partial charge >= 0.3 is 6.09 Å². The minimum absolute atomic E-state index is 0.203. The third-order valence-electron chi connectivity index (χ3n) is 2.62. The Kier molecular flexibility index (Phi) is 5.74. The molecule has 1 aromatic rings. The number of hydrogen-bond donors (Lipinski definition) is 1. The van der Waals surface area contributed by atoms with Crippen molar-refractivity contribution in [3.05, 3.63) is 33.8 Å². The Balaban J connectivity index is 2.85. The molecule has 0 unspecified atom stereocenters. The molecule has 0 heterocycles. The van der Waals surface area contributed by atoms with Crippen molar-refractivity contribution in [2.75, 3.05) is 0 Å². The highest BCUT2D eigenvalue weighted by molar-refractivity contribution is 9.10. The van der Waals surface area contributed by atoms with E-state index in [4.69, 9.17) is 4.74 Å². The fraction of sp³-hybridized carbons (Fsp3) is 0.467. The molecule has 0 spiro atoms. The lowest BCUT2D eigenvalue weighted by Gasteiger charge is -2.23. The zero-order valence-corrected chi connectivity index (χ0v) is 13.8. The zero-order chi connectivity index (χ0) is 15.3. The molecule has 0 saturated carbocycles. The number of ether oxygens (including phenoxy) is 1. The first kappa shape index (κ1) is 16.7. The fourth-order valence-electron chi connectivity index (χ4n) is 1.65. The molecular formula is C15H20BrNO3. The van der Waals surface area contributed by atoms with Gasteiger partial charge in [-0.1, -0.05) is 28.1 Å². The monoisotopic (exact) mass is 341 g/mol. The van der Waals surface area contributed by atoms with E-state index in [1.807, 2.05) is 25.1 Å². The average Bonchev–Trinajstić information content (AvgIpc) is 2.30. The van der Waals surface area contributed by atoms with Gasteiger partial charge in [0.15, 0.2) is 0 Å². The maximum atomic E-state index is 11.8. The van der Waals surface area contributed by atoms with Gasteiger partial charge in [0.25, 0.3) is 0 Å². The summed E-state index contributed by atoms with van der Waals surface area (Å²) in [6.45, 7) is 7.36. The topological polar surface area (TPSA) is 55.4 Å². The molecule has 1 atom stereocenters. The smallest absolute Gasteiger partial charge is 0.408 e. The number of amides is 1. The lowest BCUT2D eigenvalue weighted by Crippen LogP contribution is -2.35. The van der Waals surface area contributed by atoms with Gasteiger partial charge in [0, 0.05) is 10.9 Å². The molecule has 1 N–H and O–H groups in total. The molecule has 0 saturated heterocycles. The Hall–Kier alpha value is -1.36. The highest BCUT2D eigenvalue weighted by Crippen LogP contribution is 2.23. The van der Waals surface area contributed by atoms with Crippen molar-refractivity contribution >= 4 is 28.3 Å². The second kappa shape index (κ2) is 6.88. The number of benzene rings is 1. The molecule has 0 aliphatic rings. The second-order valence-electron chi connectivity index (χ2n) is 5.61. The average molecular weight is 342 g/mol. The highest BCUT2D eigenvalue weighted by atomic mass is 79.9. The summed E-state index contributed by atoms with van der Waals surface area (Å²) in [6.07, 6.45) is 0.464. The molecule has 0 aliphatic heterocycles. The highest BCUT2D eigenvalue weighted by Gasteiger charge is 2.20. The number of rotatable bonds is 4. The van der Waals surface area contributed by atoms with Gasteiger partial charge in [0.1, 0.15) is 11.9 Å². The summed E-state index contributed by atoms with van der Waals surface area (Å²) in [5.74, 6) is 0. The van der Waals surface area contributed by atoms with E-state index in [-0.39, 0.29) is 12.5 Å². The first-order valence-electron chi connectivity index (χ1n) is 6.42. The molecule has 5 heteroatoms. The van der Waals surface area contributed by atoms with E-state index >= 15 is 0 Å². The standard InChI is InChI=1S/C15H20BrNO3/c1-10-5-6-11(9-12(10)16)13(7-8-18)17-14(19)20-15(2,3)4/h5-6,8-9,13H,7H2,1-4H3,(H,17,19)/t13-/m0/s1. The number of carbonyl (C=O) groups excluding carboxylic acids is 2. The van der Waals surface area contributed by atoms with Gasteiger partial charge in [-0.3, -0.25) is 0 Å². The third-order valence-corrected chi connectivity index (χ3v) is 3.48. The van der Waals surface area contributed by atoms with Crippen LogP contribution < -0.4 is 5.32 Å². The van der Waals surface area contributed by atoms with Crippen LogP contribution in [0.25, 0.3) is 0 Å². The van der Waals surface area contributed by atoms with Crippen molar-refractivity contribution in [2.24, 2.45) is 0 Å². The van der Waals surface area contributed by atoms with Crippen LogP contribution in [0.2, 0.25) is 0 Å². The van der Waals surface area contributed by atoms with Gasteiger partial charge in [-0.2, -0.15) is 0 Å². The number of alkyl carbamates (subject to hydrolysis) is 1. The summed E-state index contributed by atoms with van der Waals surface area (Å²) in [5.41, 5.74) is 1.39. The lowest BCUT2D eigenvalue weighted by atomic mass is 10.0. The number of carbonyl (C=O) groups is 2. The van der Waals surface area contributed by atoms with E-state index in [1.54, 1.807) is 20.8 Å². The van der Waals surface area contributed by atoms with Crippen LogP contribution >= 0.6 is 15.9 Å². The van der Waals surface area contributed by atoms with Crippen molar-refractivity contribution in [3.8, 4) is 0 Å². The second-order valence-corrected chi connectivity index (χ2v) is 6.46. The third kappa shape index (κ3) is 5.33. The Morgan fingerprint density at radius 1 is 1.45 bits per heavy atom. The van der Waals surface area contributed by atoms with Crippen LogP contribution in [0.15, 0.2) is 22.7 Å². The molecule has 110 valence electrons. The summed E-state index contributed by atoms with van der Waals surface area (Å²) in [6, 6.07) is 5.35. The van der Waals surface area contributed by atoms with Gasteiger partial charge in [0.05, 0.1) is 6.04 Å². The van der Waals surface area contributed by atoms with Gasteiger partial charge < -0.3 is 14.8 Å². The van der Waals surface area contributed by atoms with Gasteiger partial charge in [0.2, 0.25) is 0 Å². The fourth-order valence-corrected chi connectivity index (χ4v) is 2.05.